The zero-order valence-electron chi connectivity index (χ0n) is 21.7. The molecular formula is C27H31F3N4O5. The lowest BCUT2D eigenvalue weighted by molar-refractivity contribution is -0.141. The van der Waals surface area contributed by atoms with E-state index in [2.05, 4.69) is 0 Å². The van der Waals surface area contributed by atoms with Crippen molar-refractivity contribution in [1.29, 1.82) is 0 Å². The summed E-state index contributed by atoms with van der Waals surface area (Å²) in [5.41, 5.74) is 1.55. The molecule has 0 spiro atoms. The normalized spacial score (nSPS) is 21.3. The number of halogens is 3. The number of alkyl halides is 2. The number of hydrogen-bond donors (Lipinski definition) is 1. The maximum absolute atomic E-state index is 15.2. The maximum Gasteiger partial charge on any atom is 0.414 e. The zero-order valence-corrected chi connectivity index (χ0v) is 21.7. The first-order chi connectivity index (χ1) is 18.6. The molecule has 2 saturated heterocycles. The van der Waals surface area contributed by atoms with E-state index in [9.17, 15) is 23.2 Å². The SMILES string of the molecule is CC1CN(c2ccc(N3C[C@H](CNC(=O)C(F)F)OC3=O)cc2F)CC(C)N1C(=O)COCc1ccccc1. The number of hydrogen-bond acceptors (Lipinski definition) is 6. The number of piperazine rings is 1. The fraction of sp³-hybridized carbons (Fsp3) is 0.444. The van der Waals surface area contributed by atoms with Gasteiger partial charge in [-0.25, -0.2) is 9.18 Å². The van der Waals surface area contributed by atoms with Crippen molar-refractivity contribution in [1.82, 2.24) is 10.2 Å². The van der Waals surface area contributed by atoms with E-state index in [4.69, 9.17) is 9.47 Å². The molecule has 0 bridgehead atoms. The molecule has 2 aromatic rings. The molecule has 0 saturated carbocycles. The molecule has 3 atom stereocenters. The second-order valence-corrected chi connectivity index (χ2v) is 9.68. The molecule has 39 heavy (non-hydrogen) atoms. The Morgan fingerprint density at radius 1 is 1.08 bits per heavy atom. The third-order valence-electron chi connectivity index (χ3n) is 6.70. The Bertz CT molecular complexity index is 1170. The number of anilines is 2. The van der Waals surface area contributed by atoms with E-state index in [0.29, 0.717) is 25.4 Å². The molecule has 2 aromatic carbocycles. The van der Waals surface area contributed by atoms with Gasteiger partial charge in [0.05, 0.1) is 31.1 Å². The van der Waals surface area contributed by atoms with E-state index in [-0.39, 0.29) is 43.4 Å². The average molecular weight is 549 g/mol. The van der Waals surface area contributed by atoms with E-state index in [1.807, 2.05) is 54.4 Å². The number of carbonyl (C=O) groups excluding carboxylic acids is 3. The summed E-state index contributed by atoms with van der Waals surface area (Å²) in [7, 11) is 0. The molecule has 1 N–H and O–H groups in total. The Morgan fingerprint density at radius 2 is 1.77 bits per heavy atom. The van der Waals surface area contributed by atoms with Crippen LogP contribution in [0.1, 0.15) is 19.4 Å². The smallest absolute Gasteiger partial charge is 0.414 e. The van der Waals surface area contributed by atoms with Gasteiger partial charge in [0, 0.05) is 25.2 Å². The molecule has 2 aliphatic rings. The molecule has 2 aliphatic heterocycles. The summed E-state index contributed by atoms with van der Waals surface area (Å²) in [6, 6.07) is 13.5. The van der Waals surface area contributed by atoms with Gasteiger partial charge in [0.1, 0.15) is 18.5 Å². The standard InChI is InChI=1S/C27H31F3N4O5/c1-17-12-32(13-18(2)34(17)24(35)16-38-15-19-6-4-3-5-7-19)23-9-8-20(10-22(23)28)33-14-21(39-27(33)37)11-31-26(36)25(29)30/h3-10,17-18,21,25H,11-16H2,1-2H3,(H,31,36)/t17?,18?,21-/m0/s1. The second-order valence-electron chi connectivity index (χ2n) is 9.68. The minimum atomic E-state index is -3.17. The first-order valence-corrected chi connectivity index (χ1v) is 12.7. The van der Waals surface area contributed by atoms with Crippen LogP contribution in [0.2, 0.25) is 0 Å². The Labute approximate surface area is 224 Å². The van der Waals surface area contributed by atoms with Crippen LogP contribution in [0, 0.1) is 5.82 Å². The number of carbonyl (C=O) groups is 3. The minimum Gasteiger partial charge on any atom is -0.442 e. The fourth-order valence-corrected chi connectivity index (χ4v) is 4.97. The highest BCUT2D eigenvalue weighted by Crippen LogP contribution is 2.30. The van der Waals surface area contributed by atoms with Gasteiger partial charge in [-0.05, 0) is 37.6 Å². The van der Waals surface area contributed by atoms with Crippen LogP contribution >= 0.6 is 0 Å². The molecule has 12 heteroatoms. The van der Waals surface area contributed by atoms with Crippen molar-refractivity contribution < 1.29 is 37.0 Å². The zero-order chi connectivity index (χ0) is 28.1. The van der Waals surface area contributed by atoms with E-state index in [0.717, 1.165) is 5.56 Å². The number of ether oxygens (including phenoxy) is 2. The molecule has 0 aromatic heterocycles. The number of nitrogens with one attached hydrogen (secondary N) is 1. The Hall–Kier alpha value is -3.80. The van der Waals surface area contributed by atoms with Gasteiger partial charge in [0.2, 0.25) is 5.91 Å². The molecule has 210 valence electrons. The lowest BCUT2D eigenvalue weighted by atomic mass is 10.1. The number of amides is 3. The summed E-state index contributed by atoms with van der Waals surface area (Å²) in [4.78, 5) is 41.0. The van der Waals surface area contributed by atoms with E-state index in [1.165, 1.54) is 11.0 Å². The van der Waals surface area contributed by atoms with Crippen LogP contribution < -0.4 is 15.1 Å². The lowest BCUT2D eigenvalue weighted by Crippen LogP contribution is -2.59. The molecule has 2 heterocycles. The largest absolute Gasteiger partial charge is 0.442 e. The fourth-order valence-electron chi connectivity index (χ4n) is 4.97. The van der Waals surface area contributed by atoms with Crippen LogP contribution in [0.5, 0.6) is 0 Å². The lowest BCUT2D eigenvalue weighted by Gasteiger charge is -2.45. The summed E-state index contributed by atoms with van der Waals surface area (Å²) in [5, 5.41) is 2.01. The van der Waals surface area contributed by atoms with Crippen LogP contribution in [0.15, 0.2) is 48.5 Å². The van der Waals surface area contributed by atoms with Crippen molar-refractivity contribution in [2.24, 2.45) is 0 Å². The second kappa shape index (κ2) is 12.4. The first-order valence-electron chi connectivity index (χ1n) is 12.7. The van der Waals surface area contributed by atoms with Gasteiger partial charge in [-0.2, -0.15) is 8.78 Å². The summed E-state index contributed by atoms with van der Waals surface area (Å²) in [6.45, 7) is 4.60. The highest BCUT2D eigenvalue weighted by molar-refractivity contribution is 5.90. The summed E-state index contributed by atoms with van der Waals surface area (Å²) in [6.07, 6.45) is -4.77. The summed E-state index contributed by atoms with van der Waals surface area (Å²) in [5.74, 6) is -2.14. The highest BCUT2D eigenvalue weighted by atomic mass is 19.3. The topological polar surface area (TPSA) is 91.4 Å². The number of cyclic esters (lactones) is 1. The molecule has 4 rings (SSSR count). The van der Waals surface area contributed by atoms with E-state index in [1.54, 1.807) is 17.0 Å². The van der Waals surface area contributed by atoms with E-state index >= 15 is 4.39 Å². The van der Waals surface area contributed by atoms with Gasteiger partial charge < -0.3 is 24.6 Å². The van der Waals surface area contributed by atoms with Crippen molar-refractivity contribution in [3.63, 3.8) is 0 Å². The van der Waals surface area contributed by atoms with Gasteiger partial charge in [0.25, 0.3) is 5.91 Å². The van der Waals surface area contributed by atoms with Crippen LogP contribution in [0.3, 0.4) is 0 Å². The monoisotopic (exact) mass is 548 g/mol. The molecule has 0 aliphatic carbocycles. The van der Waals surface area contributed by atoms with Crippen molar-refractivity contribution in [2.75, 3.05) is 42.6 Å². The average Bonchev–Trinajstić information content (AvgIpc) is 3.27. The van der Waals surface area contributed by atoms with Crippen LogP contribution in [0.25, 0.3) is 0 Å². The molecule has 2 fully saturated rings. The van der Waals surface area contributed by atoms with Gasteiger partial charge in [-0.3, -0.25) is 14.5 Å². The summed E-state index contributed by atoms with van der Waals surface area (Å²) >= 11 is 0. The third-order valence-corrected chi connectivity index (χ3v) is 6.70. The number of rotatable bonds is 9. The van der Waals surface area contributed by atoms with Gasteiger partial charge in [-0.15, -0.1) is 0 Å². The number of benzene rings is 2. The summed E-state index contributed by atoms with van der Waals surface area (Å²) < 4.78 is 50.7. The third kappa shape index (κ3) is 6.80. The highest BCUT2D eigenvalue weighted by Gasteiger charge is 2.36. The van der Waals surface area contributed by atoms with Crippen molar-refractivity contribution in [2.45, 2.75) is 45.1 Å². The molecular weight excluding hydrogens is 517 g/mol. The van der Waals surface area contributed by atoms with Crippen molar-refractivity contribution in [3.05, 3.63) is 59.9 Å². The predicted octanol–water partition coefficient (Wildman–Crippen LogP) is 3.17. The van der Waals surface area contributed by atoms with Gasteiger partial charge >= 0.3 is 12.5 Å². The van der Waals surface area contributed by atoms with Crippen molar-refractivity contribution >= 4 is 29.3 Å². The van der Waals surface area contributed by atoms with Crippen molar-refractivity contribution in [3.8, 4) is 0 Å². The Kier molecular flexibility index (Phi) is 8.95. The van der Waals surface area contributed by atoms with Crippen LogP contribution in [-0.4, -0.2) is 80.2 Å². The van der Waals surface area contributed by atoms with E-state index < -0.39 is 30.3 Å². The molecule has 3 amide bonds. The minimum absolute atomic E-state index is 0.0255. The maximum atomic E-state index is 15.2. The Balaban J connectivity index is 1.33. The molecule has 9 nitrogen and oxygen atoms in total. The van der Waals surface area contributed by atoms with Gasteiger partial charge in [-0.1, -0.05) is 30.3 Å². The quantitative estimate of drug-likeness (QED) is 0.518. The first kappa shape index (κ1) is 28.2. The van der Waals surface area contributed by atoms with Crippen LogP contribution in [-0.2, 0) is 25.7 Å². The number of nitrogens with zero attached hydrogens (tertiary/aromatic N) is 3. The van der Waals surface area contributed by atoms with Gasteiger partial charge in [0.15, 0.2) is 0 Å². The Morgan fingerprint density at radius 3 is 2.41 bits per heavy atom. The van der Waals surface area contributed by atoms with Crippen LogP contribution in [0.4, 0.5) is 29.3 Å². The molecule has 0 radical (unpaired) electrons. The predicted molar refractivity (Wildman–Crippen MR) is 137 cm³/mol. The molecule has 2 unspecified atom stereocenters.